The zero-order valence-electron chi connectivity index (χ0n) is 11.6. The van der Waals surface area contributed by atoms with Crippen molar-refractivity contribution < 1.29 is 19.4 Å². The number of nitrogens with zero attached hydrogens (tertiary/aromatic N) is 1. The van der Waals surface area contributed by atoms with Gasteiger partial charge in [0.25, 0.3) is 5.91 Å². The Balaban J connectivity index is 1.63. The molecule has 1 aliphatic heterocycles. The summed E-state index contributed by atoms with van der Waals surface area (Å²) in [6.45, 7) is 0.317. The minimum absolute atomic E-state index is 0.144. The number of aliphatic hydroxyl groups excluding tert-OH is 1. The first-order valence-electron chi connectivity index (χ1n) is 6.62. The van der Waals surface area contributed by atoms with Crippen molar-refractivity contribution in [2.24, 2.45) is 7.05 Å². The summed E-state index contributed by atoms with van der Waals surface area (Å²) in [5, 5.41) is 12.8. The van der Waals surface area contributed by atoms with Gasteiger partial charge in [-0.3, -0.25) is 4.79 Å². The summed E-state index contributed by atoms with van der Waals surface area (Å²) >= 11 is 0. The minimum atomic E-state index is -0.747. The Morgan fingerprint density at radius 1 is 1.38 bits per heavy atom. The Kier molecular flexibility index (Phi) is 3.53. The molecule has 0 fully saturated rings. The molecule has 110 valence electrons. The fourth-order valence-corrected chi connectivity index (χ4v) is 2.25. The van der Waals surface area contributed by atoms with Gasteiger partial charge in [0, 0.05) is 31.0 Å². The first-order chi connectivity index (χ1) is 10.1. The summed E-state index contributed by atoms with van der Waals surface area (Å²) in [5.74, 6) is 0.933. The van der Waals surface area contributed by atoms with Gasteiger partial charge >= 0.3 is 0 Å². The number of fused-ring (bicyclic) bond motifs is 1. The van der Waals surface area contributed by atoms with Crippen LogP contribution in [0.2, 0.25) is 0 Å². The van der Waals surface area contributed by atoms with Gasteiger partial charge in [0.1, 0.15) is 6.10 Å². The Labute approximate surface area is 121 Å². The molecule has 0 aliphatic carbocycles. The van der Waals surface area contributed by atoms with Crippen LogP contribution in [0.5, 0.6) is 11.5 Å². The summed E-state index contributed by atoms with van der Waals surface area (Å²) in [5.41, 5.74) is 1.22. The molecule has 1 aliphatic rings. The monoisotopic (exact) mass is 288 g/mol. The Hall–Kier alpha value is -2.47. The number of amides is 1. The van der Waals surface area contributed by atoms with Crippen LogP contribution < -0.4 is 14.8 Å². The molecule has 0 saturated carbocycles. The molecule has 1 aromatic carbocycles. The van der Waals surface area contributed by atoms with Crippen LogP contribution in [0.25, 0.3) is 0 Å². The molecule has 0 spiro atoms. The number of hydrogen-bond acceptors (Lipinski definition) is 4. The fraction of sp³-hybridized carbons (Fsp3) is 0.267. The second kappa shape index (κ2) is 5.49. The number of ether oxygens (including phenoxy) is 2. The molecule has 21 heavy (non-hydrogen) atoms. The molecule has 0 bridgehead atoms. The lowest BCUT2D eigenvalue weighted by molar-refractivity contribution is 0.0912. The smallest absolute Gasteiger partial charge is 0.251 e. The van der Waals surface area contributed by atoms with Crippen LogP contribution in [0.15, 0.2) is 36.5 Å². The van der Waals surface area contributed by atoms with E-state index in [1.165, 1.54) is 0 Å². The average Bonchev–Trinajstić information content (AvgIpc) is 3.11. The van der Waals surface area contributed by atoms with E-state index in [0.29, 0.717) is 17.1 Å². The second-order valence-corrected chi connectivity index (χ2v) is 4.84. The van der Waals surface area contributed by atoms with Crippen LogP contribution in [0, 0.1) is 0 Å². The van der Waals surface area contributed by atoms with Crippen molar-refractivity contribution in [1.29, 1.82) is 0 Å². The standard InChI is InChI=1S/C15H16N2O4/c1-17-6-2-3-11(17)12(18)8-16-15(19)10-4-5-13-14(7-10)21-9-20-13/h2-7,12,18H,8-9H2,1H3,(H,16,19)/t12-/m1/s1. The number of aliphatic hydroxyl groups is 1. The zero-order valence-corrected chi connectivity index (χ0v) is 11.6. The zero-order chi connectivity index (χ0) is 14.8. The van der Waals surface area contributed by atoms with Crippen LogP contribution in [0.3, 0.4) is 0 Å². The van der Waals surface area contributed by atoms with Crippen molar-refractivity contribution in [3.05, 3.63) is 47.8 Å². The van der Waals surface area contributed by atoms with E-state index in [0.717, 1.165) is 5.69 Å². The molecule has 3 rings (SSSR count). The quantitative estimate of drug-likeness (QED) is 0.887. The van der Waals surface area contributed by atoms with Gasteiger partial charge in [-0.25, -0.2) is 0 Å². The van der Waals surface area contributed by atoms with Crippen molar-refractivity contribution in [3.8, 4) is 11.5 Å². The van der Waals surface area contributed by atoms with Crippen molar-refractivity contribution in [2.45, 2.75) is 6.10 Å². The molecule has 2 N–H and O–H groups in total. The second-order valence-electron chi connectivity index (χ2n) is 4.84. The van der Waals surface area contributed by atoms with Crippen molar-refractivity contribution >= 4 is 5.91 Å². The van der Waals surface area contributed by atoms with Crippen molar-refractivity contribution in [1.82, 2.24) is 9.88 Å². The maximum Gasteiger partial charge on any atom is 0.251 e. The van der Waals surface area contributed by atoms with E-state index in [2.05, 4.69) is 5.32 Å². The van der Waals surface area contributed by atoms with Gasteiger partial charge in [-0.2, -0.15) is 0 Å². The third-order valence-electron chi connectivity index (χ3n) is 3.42. The van der Waals surface area contributed by atoms with E-state index >= 15 is 0 Å². The van der Waals surface area contributed by atoms with Crippen LogP contribution in [-0.4, -0.2) is 28.9 Å². The summed E-state index contributed by atoms with van der Waals surface area (Å²) in [4.78, 5) is 12.1. The van der Waals surface area contributed by atoms with Crippen LogP contribution in [0.1, 0.15) is 22.2 Å². The van der Waals surface area contributed by atoms with Crippen LogP contribution in [0.4, 0.5) is 0 Å². The predicted molar refractivity (Wildman–Crippen MR) is 75.3 cm³/mol. The summed E-state index contributed by atoms with van der Waals surface area (Å²) in [6.07, 6.45) is 1.10. The number of rotatable bonds is 4. The highest BCUT2D eigenvalue weighted by atomic mass is 16.7. The largest absolute Gasteiger partial charge is 0.454 e. The SMILES string of the molecule is Cn1cccc1[C@H](O)CNC(=O)c1ccc2c(c1)OCO2. The average molecular weight is 288 g/mol. The molecule has 0 unspecified atom stereocenters. The number of benzene rings is 1. The third kappa shape index (κ3) is 2.71. The molecule has 1 aromatic heterocycles. The summed E-state index contributed by atoms with van der Waals surface area (Å²) < 4.78 is 12.2. The Morgan fingerprint density at radius 2 is 2.19 bits per heavy atom. The maximum absolute atomic E-state index is 12.1. The highest BCUT2D eigenvalue weighted by Crippen LogP contribution is 2.32. The number of aromatic nitrogens is 1. The van der Waals surface area contributed by atoms with E-state index < -0.39 is 6.10 Å². The topological polar surface area (TPSA) is 72.7 Å². The highest BCUT2D eigenvalue weighted by molar-refractivity contribution is 5.94. The fourth-order valence-electron chi connectivity index (χ4n) is 2.25. The van der Waals surface area contributed by atoms with Gasteiger partial charge in [-0.1, -0.05) is 0 Å². The molecule has 0 radical (unpaired) electrons. The van der Waals surface area contributed by atoms with Crippen LogP contribution in [-0.2, 0) is 7.05 Å². The van der Waals surface area contributed by atoms with E-state index in [4.69, 9.17) is 9.47 Å². The number of carbonyl (C=O) groups excluding carboxylic acids is 1. The lowest BCUT2D eigenvalue weighted by atomic mass is 10.2. The van der Waals surface area contributed by atoms with Gasteiger partial charge in [-0.05, 0) is 30.3 Å². The maximum atomic E-state index is 12.1. The van der Waals surface area contributed by atoms with Gasteiger partial charge in [0.15, 0.2) is 11.5 Å². The predicted octanol–water partition coefficient (Wildman–Crippen LogP) is 1.22. The lowest BCUT2D eigenvalue weighted by Crippen LogP contribution is -2.29. The Bertz CT molecular complexity index is 665. The Morgan fingerprint density at radius 3 is 2.95 bits per heavy atom. The van der Waals surface area contributed by atoms with Gasteiger partial charge in [0.2, 0.25) is 6.79 Å². The molecular formula is C15H16N2O4. The van der Waals surface area contributed by atoms with E-state index in [-0.39, 0.29) is 19.2 Å². The highest BCUT2D eigenvalue weighted by Gasteiger charge is 2.17. The molecule has 0 saturated heterocycles. The molecule has 1 atom stereocenters. The summed E-state index contributed by atoms with van der Waals surface area (Å²) in [6, 6.07) is 8.66. The molecular weight excluding hydrogens is 272 g/mol. The van der Waals surface area contributed by atoms with E-state index in [1.54, 1.807) is 18.2 Å². The molecule has 2 heterocycles. The van der Waals surface area contributed by atoms with Crippen molar-refractivity contribution in [3.63, 3.8) is 0 Å². The molecule has 6 nitrogen and oxygen atoms in total. The number of nitrogens with one attached hydrogen (secondary N) is 1. The first-order valence-corrected chi connectivity index (χ1v) is 6.62. The summed E-state index contributed by atoms with van der Waals surface area (Å²) in [7, 11) is 1.85. The number of carbonyl (C=O) groups is 1. The molecule has 2 aromatic rings. The minimum Gasteiger partial charge on any atom is -0.454 e. The first kappa shape index (κ1) is 13.5. The number of aryl methyl sites for hydroxylation is 1. The van der Waals surface area contributed by atoms with Gasteiger partial charge in [0.05, 0.1) is 0 Å². The van der Waals surface area contributed by atoms with Gasteiger partial charge in [-0.15, -0.1) is 0 Å². The van der Waals surface area contributed by atoms with E-state index in [1.807, 2.05) is 29.9 Å². The van der Waals surface area contributed by atoms with E-state index in [9.17, 15) is 9.90 Å². The number of hydrogen-bond donors (Lipinski definition) is 2. The van der Waals surface area contributed by atoms with Crippen molar-refractivity contribution in [2.75, 3.05) is 13.3 Å². The van der Waals surface area contributed by atoms with Gasteiger partial charge < -0.3 is 24.5 Å². The molecule has 1 amide bonds. The lowest BCUT2D eigenvalue weighted by Gasteiger charge is -2.13. The normalized spacial score (nSPS) is 14.0. The van der Waals surface area contributed by atoms with Crippen LogP contribution >= 0.6 is 0 Å². The molecule has 6 heteroatoms. The third-order valence-corrected chi connectivity index (χ3v) is 3.42.